The third kappa shape index (κ3) is 3.60. The summed E-state index contributed by atoms with van der Waals surface area (Å²) in [6, 6.07) is 11.9. The molecule has 156 valence electrons. The van der Waals surface area contributed by atoms with E-state index in [2.05, 4.69) is 37.4 Å². The number of ether oxygens (including phenoxy) is 1. The molecule has 7 nitrogen and oxygen atoms in total. The minimum Gasteiger partial charge on any atom is -0.456 e. The van der Waals surface area contributed by atoms with Crippen LogP contribution in [0, 0.1) is 0 Å². The van der Waals surface area contributed by atoms with Crippen molar-refractivity contribution < 1.29 is 4.74 Å². The fourth-order valence-corrected chi connectivity index (χ4v) is 4.44. The zero-order chi connectivity index (χ0) is 20.5. The molecular weight excluding hydrogens is 378 g/mol. The number of benzene rings is 2. The number of piperazine rings is 1. The van der Waals surface area contributed by atoms with Crippen LogP contribution in [0.4, 0.5) is 0 Å². The van der Waals surface area contributed by atoms with Gasteiger partial charge in [0.2, 0.25) is 0 Å². The van der Waals surface area contributed by atoms with Gasteiger partial charge in [-0.15, -0.1) is 0 Å². The van der Waals surface area contributed by atoms with Crippen molar-refractivity contribution in [2.75, 3.05) is 46.3 Å². The lowest BCUT2D eigenvalue weighted by Crippen LogP contribution is -2.46. The van der Waals surface area contributed by atoms with Crippen LogP contribution in [0.1, 0.15) is 12.0 Å². The number of aromatic amines is 1. The van der Waals surface area contributed by atoms with E-state index in [0.29, 0.717) is 11.1 Å². The second-order valence-electron chi connectivity index (χ2n) is 8.09. The fraction of sp³-hybridized carbons (Fsp3) is 0.391. The van der Waals surface area contributed by atoms with Crippen molar-refractivity contribution in [1.82, 2.24) is 25.3 Å². The average Bonchev–Trinajstić information content (AvgIpc) is 2.77. The highest BCUT2D eigenvalue weighted by Gasteiger charge is 2.23. The largest absolute Gasteiger partial charge is 0.456 e. The van der Waals surface area contributed by atoms with Crippen molar-refractivity contribution in [2.24, 2.45) is 0 Å². The van der Waals surface area contributed by atoms with Gasteiger partial charge < -0.3 is 15.0 Å². The highest BCUT2D eigenvalue weighted by Crippen LogP contribution is 2.44. The lowest BCUT2D eigenvalue weighted by atomic mass is 9.99. The second-order valence-corrected chi connectivity index (χ2v) is 8.09. The van der Waals surface area contributed by atoms with Gasteiger partial charge in [0.05, 0.1) is 10.8 Å². The molecule has 0 saturated carbocycles. The van der Waals surface area contributed by atoms with E-state index in [1.807, 2.05) is 31.3 Å². The predicted octanol–water partition coefficient (Wildman–Crippen LogP) is 2.42. The quantitative estimate of drug-likeness (QED) is 0.480. The minimum absolute atomic E-state index is 0.189. The van der Waals surface area contributed by atoms with Gasteiger partial charge in [0.1, 0.15) is 17.2 Å². The molecule has 7 heteroatoms. The van der Waals surface area contributed by atoms with Crippen LogP contribution in [0.2, 0.25) is 0 Å². The minimum atomic E-state index is -0.189. The van der Waals surface area contributed by atoms with E-state index in [0.717, 1.165) is 68.2 Å². The Kier molecular flexibility index (Phi) is 5.25. The molecule has 0 aliphatic carbocycles. The van der Waals surface area contributed by atoms with Crippen LogP contribution in [0.25, 0.3) is 22.0 Å². The summed E-state index contributed by atoms with van der Waals surface area (Å²) < 4.78 is 6.09. The maximum absolute atomic E-state index is 12.2. The van der Waals surface area contributed by atoms with Gasteiger partial charge in [0.25, 0.3) is 5.56 Å². The van der Waals surface area contributed by atoms with Gasteiger partial charge in [0.15, 0.2) is 0 Å². The number of hydrogen-bond donors (Lipinski definition) is 2. The van der Waals surface area contributed by atoms with E-state index in [1.54, 1.807) is 0 Å². The molecule has 30 heavy (non-hydrogen) atoms. The summed E-state index contributed by atoms with van der Waals surface area (Å²) in [5, 5.41) is 11.6. The first-order valence-corrected chi connectivity index (χ1v) is 10.6. The SMILES string of the molecule is CNCCCN1CCN(Cc2ccc3c(c2)-c2n[nH]c(=O)c4cccc(c24)O3)CC1. The normalized spacial score (nSPS) is 16.4. The van der Waals surface area contributed by atoms with Crippen molar-refractivity contribution in [3.05, 3.63) is 52.3 Å². The molecule has 0 atom stereocenters. The Morgan fingerprint density at radius 2 is 1.93 bits per heavy atom. The van der Waals surface area contributed by atoms with Gasteiger partial charge in [-0.3, -0.25) is 9.69 Å². The zero-order valence-corrected chi connectivity index (χ0v) is 17.3. The summed E-state index contributed by atoms with van der Waals surface area (Å²) >= 11 is 0. The van der Waals surface area contributed by atoms with E-state index in [1.165, 1.54) is 12.0 Å². The Balaban J connectivity index is 1.34. The van der Waals surface area contributed by atoms with Crippen LogP contribution in [0.5, 0.6) is 11.5 Å². The first-order valence-electron chi connectivity index (χ1n) is 10.6. The first kappa shape index (κ1) is 19.2. The second kappa shape index (κ2) is 8.18. The number of nitrogens with one attached hydrogen (secondary N) is 2. The number of aromatic nitrogens is 2. The summed E-state index contributed by atoms with van der Waals surface area (Å²) in [7, 11) is 2.01. The third-order valence-corrected chi connectivity index (χ3v) is 6.07. The zero-order valence-electron chi connectivity index (χ0n) is 17.3. The summed E-state index contributed by atoms with van der Waals surface area (Å²) in [5.74, 6) is 1.48. The molecule has 5 rings (SSSR count). The molecule has 1 aromatic heterocycles. The number of fused-ring (bicyclic) bond motifs is 2. The van der Waals surface area contributed by atoms with Gasteiger partial charge in [0, 0.05) is 38.3 Å². The molecule has 0 radical (unpaired) electrons. The lowest BCUT2D eigenvalue weighted by Gasteiger charge is -2.34. The molecule has 1 fully saturated rings. The maximum Gasteiger partial charge on any atom is 0.272 e. The molecule has 2 N–H and O–H groups in total. The van der Waals surface area contributed by atoms with Gasteiger partial charge in [-0.25, -0.2) is 5.10 Å². The molecule has 0 unspecified atom stereocenters. The number of hydrogen-bond acceptors (Lipinski definition) is 6. The predicted molar refractivity (Wildman–Crippen MR) is 118 cm³/mol. The highest BCUT2D eigenvalue weighted by atomic mass is 16.5. The summed E-state index contributed by atoms with van der Waals surface area (Å²) in [6.07, 6.45) is 1.20. The molecule has 3 heterocycles. The van der Waals surface area contributed by atoms with Crippen LogP contribution in [-0.4, -0.2) is 66.3 Å². The smallest absolute Gasteiger partial charge is 0.272 e. The van der Waals surface area contributed by atoms with Crippen LogP contribution in [-0.2, 0) is 6.54 Å². The van der Waals surface area contributed by atoms with Gasteiger partial charge >= 0.3 is 0 Å². The van der Waals surface area contributed by atoms with E-state index in [9.17, 15) is 4.79 Å². The van der Waals surface area contributed by atoms with Crippen molar-refractivity contribution in [3.8, 4) is 22.8 Å². The van der Waals surface area contributed by atoms with Gasteiger partial charge in [-0.1, -0.05) is 12.1 Å². The fourth-order valence-electron chi connectivity index (χ4n) is 4.44. The Morgan fingerprint density at radius 1 is 1.10 bits per heavy atom. The van der Waals surface area contributed by atoms with Crippen molar-refractivity contribution in [2.45, 2.75) is 13.0 Å². The number of nitrogens with zero attached hydrogens (tertiary/aromatic N) is 3. The van der Waals surface area contributed by atoms with Crippen LogP contribution >= 0.6 is 0 Å². The molecular formula is C23H27N5O2. The van der Waals surface area contributed by atoms with Crippen LogP contribution in [0.15, 0.2) is 41.2 Å². The van der Waals surface area contributed by atoms with E-state index in [4.69, 9.17) is 4.74 Å². The molecule has 0 bridgehead atoms. The Bertz CT molecular complexity index is 1120. The number of rotatable bonds is 6. The van der Waals surface area contributed by atoms with Crippen LogP contribution in [0.3, 0.4) is 0 Å². The Hall–Kier alpha value is -2.74. The van der Waals surface area contributed by atoms with Gasteiger partial charge in [-0.05, 0) is 56.4 Å². The van der Waals surface area contributed by atoms with Gasteiger partial charge in [-0.2, -0.15) is 5.10 Å². The molecule has 3 aromatic rings. The Morgan fingerprint density at radius 3 is 2.77 bits per heavy atom. The third-order valence-electron chi connectivity index (χ3n) is 6.07. The average molecular weight is 406 g/mol. The van der Waals surface area contributed by atoms with Crippen molar-refractivity contribution >= 4 is 10.8 Å². The Labute approximate surface area is 175 Å². The van der Waals surface area contributed by atoms with E-state index >= 15 is 0 Å². The maximum atomic E-state index is 12.2. The highest BCUT2D eigenvalue weighted by molar-refractivity contribution is 6.01. The molecule has 2 aliphatic heterocycles. The molecule has 0 spiro atoms. The molecule has 0 amide bonds. The lowest BCUT2D eigenvalue weighted by molar-refractivity contribution is 0.126. The van der Waals surface area contributed by atoms with Crippen LogP contribution < -0.4 is 15.6 Å². The monoisotopic (exact) mass is 405 g/mol. The molecule has 1 saturated heterocycles. The van der Waals surface area contributed by atoms with Crippen molar-refractivity contribution in [1.29, 1.82) is 0 Å². The number of H-pyrrole nitrogens is 1. The molecule has 2 aliphatic rings. The topological polar surface area (TPSA) is 73.5 Å². The molecule has 2 aromatic carbocycles. The summed E-state index contributed by atoms with van der Waals surface area (Å²) in [6.45, 7) is 7.55. The van der Waals surface area contributed by atoms with E-state index in [-0.39, 0.29) is 5.56 Å². The summed E-state index contributed by atoms with van der Waals surface area (Å²) in [5.41, 5.74) is 2.78. The standard InChI is InChI=1S/C23H27N5O2/c1-24-8-3-9-27-10-12-28(13-11-27)15-16-6-7-19-18(14-16)22-21-17(23(29)26-25-22)4-2-5-20(21)30-19/h2,4-7,14,24H,3,8-13,15H2,1H3,(H,26,29). The van der Waals surface area contributed by atoms with E-state index < -0.39 is 0 Å². The summed E-state index contributed by atoms with van der Waals surface area (Å²) in [4.78, 5) is 17.2. The van der Waals surface area contributed by atoms with Crippen molar-refractivity contribution in [3.63, 3.8) is 0 Å². The first-order chi connectivity index (χ1) is 14.7.